The van der Waals surface area contributed by atoms with E-state index in [1.165, 1.54) is 0 Å². The Hall–Kier alpha value is -1.19. The number of unbranched alkanes of at least 4 members (excludes halogenated alkanes) is 1. The highest BCUT2D eigenvalue weighted by molar-refractivity contribution is 6.12. The number of carbonyl (C=O) groups excluding carboxylic acids is 2. The smallest absolute Gasteiger partial charge is 0.255 e. The van der Waals surface area contributed by atoms with Crippen molar-refractivity contribution >= 4 is 17.5 Å². The van der Waals surface area contributed by atoms with Gasteiger partial charge in [-0.1, -0.05) is 47.5 Å². The van der Waals surface area contributed by atoms with E-state index in [4.69, 9.17) is 0 Å². The lowest BCUT2D eigenvalue weighted by Gasteiger charge is -2.18. The zero-order valence-corrected chi connectivity index (χ0v) is 12.8. The van der Waals surface area contributed by atoms with Gasteiger partial charge in [0.2, 0.25) is 0 Å². The average Bonchev–Trinajstić information content (AvgIpc) is 2.72. The number of carbonyl (C=O) groups is 2. The predicted octanol–water partition coefficient (Wildman–Crippen LogP) is 3.36. The minimum atomic E-state index is -0.176. The number of nitrogens with zero attached hydrogens (tertiary/aromatic N) is 2. The maximum Gasteiger partial charge on any atom is 0.255 e. The number of amides is 2. The average molecular weight is 266 g/mol. The largest absolute Gasteiger partial charge is 0.272 e. The number of imide groups is 1. The highest BCUT2D eigenvalue weighted by atomic mass is 16.2. The van der Waals surface area contributed by atoms with Crippen LogP contribution in [0.1, 0.15) is 66.7 Å². The van der Waals surface area contributed by atoms with Gasteiger partial charge in [-0.15, -0.1) is 0 Å². The standard InChI is InChI=1S/C15H26N2O2/c1-6-8-9-11(7-2)14(19)17-13(18)10-12(16-17)15(3,4)5/h11H,6-10H2,1-5H3. The minimum absolute atomic E-state index is 0.0769. The van der Waals surface area contributed by atoms with Crippen LogP contribution in [0.2, 0.25) is 0 Å². The van der Waals surface area contributed by atoms with E-state index in [2.05, 4.69) is 12.0 Å². The Bertz CT molecular complexity index is 380. The van der Waals surface area contributed by atoms with E-state index in [1.807, 2.05) is 27.7 Å². The maximum atomic E-state index is 12.4. The molecule has 0 N–H and O–H groups in total. The van der Waals surface area contributed by atoms with Gasteiger partial charge in [-0.3, -0.25) is 9.59 Å². The molecule has 1 atom stereocenters. The molecule has 1 unspecified atom stereocenters. The van der Waals surface area contributed by atoms with Crippen LogP contribution in [0.4, 0.5) is 0 Å². The molecule has 0 fully saturated rings. The third kappa shape index (κ3) is 3.88. The summed E-state index contributed by atoms with van der Waals surface area (Å²) in [6, 6.07) is 0. The first-order valence-electron chi connectivity index (χ1n) is 7.26. The van der Waals surface area contributed by atoms with Gasteiger partial charge in [0.1, 0.15) is 0 Å². The molecule has 4 nitrogen and oxygen atoms in total. The van der Waals surface area contributed by atoms with Crippen LogP contribution in [0.5, 0.6) is 0 Å². The van der Waals surface area contributed by atoms with Gasteiger partial charge in [-0.25, -0.2) is 0 Å². The topological polar surface area (TPSA) is 49.7 Å². The van der Waals surface area contributed by atoms with Crippen LogP contribution in [-0.4, -0.2) is 22.5 Å². The van der Waals surface area contributed by atoms with E-state index in [-0.39, 0.29) is 29.6 Å². The molecule has 0 bridgehead atoms. The van der Waals surface area contributed by atoms with Crippen molar-refractivity contribution in [2.24, 2.45) is 16.4 Å². The first-order chi connectivity index (χ1) is 8.81. The summed E-state index contributed by atoms with van der Waals surface area (Å²) in [5, 5.41) is 5.38. The van der Waals surface area contributed by atoms with E-state index < -0.39 is 0 Å². The van der Waals surface area contributed by atoms with Crippen molar-refractivity contribution in [1.29, 1.82) is 0 Å². The molecule has 0 aromatic carbocycles. The Labute approximate surface area is 116 Å². The van der Waals surface area contributed by atoms with Crippen molar-refractivity contribution in [2.45, 2.75) is 66.7 Å². The molecule has 2 amide bonds. The Balaban J connectivity index is 2.81. The van der Waals surface area contributed by atoms with E-state index in [1.54, 1.807) is 0 Å². The summed E-state index contributed by atoms with van der Waals surface area (Å²) in [5.41, 5.74) is 0.645. The first kappa shape index (κ1) is 15.9. The summed E-state index contributed by atoms with van der Waals surface area (Å²) in [6.45, 7) is 10.1. The Morgan fingerprint density at radius 3 is 2.42 bits per heavy atom. The van der Waals surface area contributed by atoms with Crippen LogP contribution < -0.4 is 0 Å². The Morgan fingerprint density at radius 2 is 2.00 bits per heavy atom. The Kier molecular flexibility index (Phi) is 5.27. The van der Waals surface area contributed by atoms with Crippen molar-refractivity contribution in [3.8, 4) is 0 Å². The molecule has 108 valence electrons. The van der Waals surface area contributed by atoms with Gasteiger partial charge < -0.3 is 0 Å². The molecular formula is C15H26N2O2. The third-order valence-electron chi connectivity index (χ3n) is 3.60. The number of rotatable bonds is 5. The molecule has 0 aromatic heterocycles. The SMILES string of the molecule is CCCCC(CC)C(=O)N1N=C(C(C)(C)C)CC1=O. The third-order valence-corrected chi connectivity index (χ3v) is 3.60. The van der Waals surface area contributed by atoms with Gasteiger partial charge in [0.15, 0.2) is 0 Å². The van der Waals surface area contributed by atoms with Gasteiger partial charge in [0.25, 0.3) is 11.8 Å². The second-order valence-corrected chi connectivity index (χ2v) is 6.26. The van der Waals surface area contributed by atoms with Gasteiger partial charge in [-0.05, 0) is 12.8 Å². The zero-order valence-electron chi connectivity index (χ0n) is 12.8. The van der Waals surface area contributed by atoms with Crippen LogP contribution in [0, 0.1) is 11.3 Å². The molecule has 0 aliphatic carbocycles. The van der Waals surface area contributed by atoms with E-state index in [9.17, 15) is 9.59 Å². The number of hydrogen-bond acceptors (Lipinski definition) is 3. The van der Waals surface area contributed by atoms with Crippen molar-refractivity contribution in [2.75, 3.05) is 0 Å². The van der Waals surface area contributed by atoms with Gasteiger partial charge >= 0.3 is 0 Å². The first-order valence-corrected chi connectivity index (χ1v) is 7.26. The minimum Gasteiger partial charge on any atom is -0.272 e. The molecule has 0 spiro atoms. The molecule has 4 heteroatoms. The van der Waals surface area contributed by atoms with Crippen LogP contribution >= 0.6 is 0 Å². The lowest BCUT2D eigenvalue weighted by Crippen LogP contribution is -2.33. The quantitative estimate of drug-likeness (QED) is 0.766. The van der Waals surface area contributed by atoms with E-state index in [0.717, 1.165) is 36.4 Å². The molecule has 19 heavy (non-hydrogen) atoms. The molecule has 1 aliphatic heterocycles. The van der Waals surface area contributed by atoms with Crippen molar-refractivity contribution in [1.82, 2.24) is 5.01 Å². The van der Waals surface area contributed by atoms with Crippen LogP contribution in [0.25, 0.3) is 0 Å². The van der Waals surface area contributed by atoms with E-state index in [0.29, 0.717) is 0 Å². The second kappa shape index (κ2) is 6.31. The second-order valence-electron chi connectivity index (χ2n) is 6.26. The molecule has 1 heterocycles. The summed E-state index contributed by atoms with van der Waals surface area (Å²) in [6.07, 6.45) is 3.97. The highest BCUT2D eigenvalue weighted by Gasteiger charge is 2.36. The lowest BCUT2D eigenvalue weighted by molar-refractivity contribution is -0.146. The van der Waals surface area contributed by atoms with Crippen LogP contribution in [0.3, 0.4) is 0 Å². The summed E-state index contributed by atoms with van der Waals surface area (Å²) in [5.74, 6) is -0.378. The normalized spacial score (nSPS) is 17.6. The summed E-state index contributed by atoms with van der Waals surface area (Å²) >= 11 is 0. The van der Waals surface area contributed by atoms with Crippen molar-refractivity contribution in [3.63, 3.8) is 0 Å². The predicted molar refractivity (Wildman–Crippen MR) is 76.7 cm³/mol. The Morgan fingerprint density at radius 1 is 1.37 bits per heavy atom. The summed E-state index contributed by atoms with van der Waals surface area (Å²) in [4.78, 5) is 24.3. The zero-order chi connectivity index (χ0) is 14.6. The van der Waals surface area contributed by atoms with Crippen LogP contribution in [-0.2, 0) is 9.59 Å². The van der Waals surface area contributed by atoms with Crippen molar-refractivity contribution in [3.05, 3.63) is 0 Å². The molecule has 0 radical (unpaired) electrons. The van der Waals surface area contributed by atoms with E-state index >= 15 is 0 Å². The molecule has 1 rings (SSSR count). The monoisotopic (exact) mass is 266 g/mol. The molecule has 0 saturated heterocycles. The number of hydrazone groups is 1. The number of hydrogen-bond donors (Lipinski definition) is 0. The molecule has 0 aromatic rings. The fourth-order valence-corrected chi connectivity index (χ4v) is 2.14. The fourth-order valence-electron chi connectivity index (χ4n) is 2.14. The molecule has 0 saturated carbocycles. The fraction of sp³-hybridized carbons (Fsp3) is 0.800. The highest BCUT2D eigenvalue weighted by Crippen LogP contribution is 2.26. The van der Waals surface area contributed by atoms with Crippen molar-refractivity contribution < 1.29 is 9.59 Å². The maximum absolute atomic E-state index is 12.4. The molecular weight excluding hydrogens is 240 g/mol. The van der Waals surface area contributed by atoms with Crippen LogP contribution in [0.15, 0.2) is 5.10 Å². The van der Waals surface area contributed by atoms with Gasteiger partial charge in [0, 0.05) is 11.3 Å². The lowest BCUT2D eigenvalue weighted by atomic mass is 9.88. The molecule has 1 aliphatic rings. The summed E-state index contributed by atoms with van der Waals surface area (Å²) in [7, 11) is 0. The van der Waals surface area contributed by atoms with Gasteiger partial charge in [-0.2, -0.15) is 10.1 Å². The summed E-state index contributed by atoms with van der Waals surface area (Å²) < 4.78 is 0. The van der Waals surface area contributed by atoms with Gasteiger partial charge in [0.05, 0.1) is 12.1 Å².